The second kappa shape index (κ2) is 4.71. The van der Waals surface area contributed by atoms with Crippen molar-refractivity contribution in [2.75, 3.05) is 6.54 Å². The number of halogens is 1. The van der Waals surface area contributed by atoms with Crippen molar-refractivity contribution < 1.29 is 9.53 Å². The molecule has 2 heterocycles. The van der Waals surface area contributed by atoms with Crippen LogP contribution in [-0.4, -0.2) is 32.9 Å². The van der Waals surface area contributed by atoms with Crippen molar-refractivity contribution in [2.45, 2.75) is 46.4 Å². The smallest absolute Gasteiger partial charge is 0.410 e. The molecule has 0 atom stereocenters. The topological polar surface area (TPSA) is 47.4 Å². The Balaban J connectivity index is 2.12. The average molecular weight is 363 g/mol. The number of aromatic nitrogens is 2. The first-order chi connectivity index (χ1) is 8.28. The molecule has 0 fully saturated rings. The molecule has 0 unspecified atom stereocenters. The molecule has 0 spiro atoms. The predicted octanol–water partition coefficient (Wildman–Crippen LogP) is 2.55. The lowest BCUT2D eigenvalue weighted by molar-refractivity contribution is 0.0193. The number of carbonyl (C=O) groups excluding carboxylic acids is 1. The first-order valence-electron chi connectivity index (χ1n) is 5.97. The lowest BCUT2D eigenvalue weighted by atomic mass is 10.2. The number of ether oxygens (including phenoxy) is 1. The van der Waals surface area contributed by atoms with Gasteiger partial charge in [-0.2, -0.15) is 5.10 Å². The van der Waals surface area contributed by atoms with E-state index in [4.69, 9.17) is 4.74 Å². The van der Waals surface area contributed by atoms with Crippen LogP contribution in [0.3, 0.4) is 0 Å². The van der Waals surface area contributed by atoms with Crippen LogP contribution in [-0.2, 0) is 17.8 Å². The number of hydrogen-bond donors (Lipinski definition) is 0. The van der Waals surface area contributed by atoms with Crippen molar-refractivity contribution >= 4 is 28.7 Å². The van der Waals surface area contributed by atoms with Crippen LogP contribution in [0.4, 0.5) is 4.79 Å². The van der Waals surface area contributed by atoms with Crippen LogP contribution in [0.1, 0.15) is 32.2 Å². The van der Waals surface area contributed by atoms with Gasteiger partial charge in [-0.1, -0.05) is 0 Å². The molecule has 1 amide bonds. The molecule has 2 rings (SSSR count). The van der Waals surface area contributed by atoms with E-state index in [0.29, 0.717) is 13.1 Å². The van der Waals surface area contributed by atoms with Crippen LogP contribution < -0.4 is 0 Å². The van der Waals surface area contributed by atoms with Gasteiger partial charge in [0.05, 0.1) is 28.0 Å². The molecule has 1 aromatic heterocycles. The van der Waals surface area contributed by atoms with E-state index in [2.05, 4.69) is 27.7 Å². The van der Waals surface area contributed by atoms with Crippen LogP contribution in [0.25, 0.3) is 0 Å². The standard InChI is InChI=1S/C12H18IN3O2/c1-8-10(13)9-7-15(5-6-16(9)14-8)11(17)18-12(2,3)4/h5-7H2,1-4H3. The van der Waals surface area contributed by atoms with Gasteiger partial charge in [-0.15, -0.1) is 0 Å². The fourth-order valence-electron chi connectivity index (χ4n) is 1.90. The zero-order valence-corrected chi connectivity index (χ0v) is 13.3. The highest BCUT2D eigenvalue weighted by molar-refractivity contribution is 14.1. The summed E-state index contributed by atoms with van der Waals surface area (Å²) in [4.78, 5) is 13.8. The maximum Gasteiger partial charge on any atom is 0.410 e. The van der Waals surface area contributed by atoms with E-state index in [1.54, 1.807) is 4.90 Å². The van der Waals surface area contributed by atoms with Crippen molar-refractivity contribution in [2.24, 2.45) is 0 Å². The second-order valence-electron chi connectivity index (χ2n) is 5.47. The Labute approximate surface area is 121 Å². The van der Waals surface area contributed by atoms with E-state index in [1.807, 2.05) is 32.4 Å². The van der Waals surface area contributed by atoms with Gasteiger partial charge in [0, 0.05) is 6.54 Å². The molecule has 100 valence electrons. The maximum atomic E-state index is 12.0. The molecule has 0 radical (unpaired) electrons. The molecule has 6 heteroatoms. The Bertz CT molecular complexity index is 476. The van der Waals surface area contributed by atoms with E-state index in [-0.39, 0.29) is 6.09 Å². The van der Waals surface area contributed by atoms with Crippen molar-refractivity contribution in [3.8, 4) is 0 Å². The quantitative estimate of drug-likeness (QED) is 0.666. The highest BCUT2D eigenvalue weighted by Crippen LogP contribution is 2.22. The van der Waals surface area contributed by atoms with Crippen molar-refractivity contribution in [3.63, 3.8) is 0 Å². The zero-order chi connectivity index (χ0) is 13.5. The van der Waals surface area contributed by atoms with Gasteiger partial charge >= 0.3 is 6.09 Å². The number of carbonyl (C=O) groups is 1. The summed E-state index contributed by atoms with van der Waals surface area (Å²) >= 11 is 2.28. The zero-order valence-electron chi connectivity index (χ0n) is 11.2. The van der Waals surface area contributed by atoms with Crippen molar-refractivity contribution in [1.29, 1.82) is 0 Å². The molecule has 1 aliphatic rings. The minimum atomic E-state index is -0.447. The monoisotopic (exact) mass is 363 g/mol. The Kier molecular flexibility index (Phi) is 3.57. The number of rotatable bonds is 0. The first kappa shape index (κ1) is 13.6. The Morgan fingerprint density at radius 2 is 2.06 bits per heavy atom. The third-order valence-electron chi connectivity index (χ3n) is 2.73. The van der Waals surface area contributed by atoms with Crippen molar-refractivity contribution in [1.82, 2.24) is 14.7 Å². The minimum absolute atomic E-state index is 0.247. The number of hydrogen-bond acceptors (Lipinski definition) is 3. The summed E-state index contributed by atoms with van der Waals surface area (Å²) in [7, 11) is 0. The normalized spacial score (nSPS) is 15.5. The summed E-state index contributed by atoms with van der Waals surface area (Å²) in [5, 5.41) is 4.45. The first-order valence-corrected chi connectivity index (χ1v) is 7.05. The molecule has 0 aromatic carbocycles. The van der Waals surface area contributed by atoms with Gasteiger partial charge in [0.25, 0.3) is 0 Å². The summed E-state index contributed by atoms with van der Waals surface area (Å²) in [5.74, 6) is 0. The Morgan fingerprint density at radius 1 is 1.39 bits per heavy atom. The van der Waals surface area contributed by atoms with Gasteiger partial charge < -0.3 is 9.64 Å². The maximum absolute atomic E-state index is 12.0. The molecule has 0 aliphatic carbocycles. The molecule has 0 bridgehead atoms. The molecule has 18 heavy (non-hydrogen) atoms. The highest BCUT2D eigenvalue weighted by atomic mass is 127. The van der Waals surface area contributed by atoms with E-state index < -0.39 is 5.60 Å². The van der Waals surface area contributed by atoms with Gasteiger partial charge in [0.2, 0.25) is 0 Å². The second-order valence-corrected chi connectivity index (χ2v) is 6.55. The average Bonchev–Trinajstić information content (AvgIpc) is 2.52. The van der Waals surface area contributed by atoms with Crippen molar-refractivity contribution in [3.05, 3.63) is 15.0 Å². The molecule has 0 saturated carbocycles. The molecule has 0 saturated heterocycles. The van der Waals surface area contributed by atoms with E-state index in [9.17, 15) is 4.79 Å². The predicted molar refractivity (Wildman–Crippen MR) is 76.3 cm³/mol. The number of nitrogens with zero attached hydrogens (tertiary/aromatic N) is 3. The lowest BCUT2D eigenvalue weighted by Crippen LogP contribution is -2.41. The van der Waals surface area contributed by atoms with Crippen LogP contribution in [0.15, 0.2) is 0 Å². The Morgan fingerprint density at radius 3 is 2.67 bits per heavy atom. The van der Waals surface area contributed by atoms with Crippen LogP contribution in [0.5, 0.6) is 0 Å². The fourth-order valence-corrected chi connectivity index (χ4v) is 2.46. The molecule has 1 aliphatic heterocycles. The molecule has 0 N–H and O–H groups in total. The lowest BCUT2D eigenvalue weighted by Gasteiger charge is -2.30. The summed E-state index contributed by atoms with van der Waals surface area (Å²) in [5.41, 5.74) is 1.68. The van der Waals surface area contributed by atoms with Gasteiger partial charge in [0.15, 0.2) is 0 Å². The molecule has 1 aromatic rings. The van der Waals surface area contributed by atoms with E-state index in [0.717, 1.165) is 21.5 Å². The largest absolute Gasteiger partial charge is 0.444 e. The molecule has 5 nitrogen and oxygen atoms in total. The summed E-state index contributed by atoms with van der Waals surface area (Å²) in [6.45, 7) is 9.60. The number of aryl methyl sites for hydroxylation is 1. The van der Waals surface area contributed by atoms with Crippen LogP contribution in [0.2, 0.25) is 0 Å². The van der Waals surface area contributed by atoms with Gasteiger partial charge in [-0.25, -0.2) is 4.79 Å². The molecular weight excluding hydrogens is 345 g/mol. The van der Waals surface area contributed by atoms with Gasteiger partial charge in [-0.05, 0) is 50.3 Å². The van der Waals surface area contributed by atoms with Gasteiger partial charge in [0.1, 0.15) is 5.60 Å². The van der Waals surface area contributed by atoms with Crippen LogP contribution >= 0.6 is 22.6 Å². The summed E-state index contributed by atoms with van der Waals surface area (Å²) in [6.07, 6.45) is -0.247. The van der Waals surface area contributed by atoms with Crippen LogP contribution in [0, 0.1) is 10.5 Å². The summed E-state index contributed by atoms with van der Waals surface area (Å²) < 4.78 is 8.52. The van der Waals surface area contributed by atoms with Gasteiger partial charge in [-0.3, -0.25) is 4.68 Å². The number of amides is 1. The Hall–Kier alpha value is -0.790. The summed E-state index contributed by atoms with van der Waals surface area (Å²) in [6, 6.07) is 0. The third-order valence-corrected chi connectivity index (χ3v) is 4.13. The van der Waals surface area contributed by atoms with E-state index in [1.165, 1.54) is 0 Å². The number of fused-ring (bicyclic) bond motifs is 1. The minimum Gasteiger partial charge on any atom is -0.444 e. The van der Waals surface area contributed by atoms with E-state index >= 15 is 0 Å². The SMILES string of the molecule is Cc1nn2c(c1I)CN(C(=O)OC(C)(C)C)CC2. The highest BCUT2D eigenvalue weighted by Gasteiger charge is 2.28. The fraction of sp³-hybridized carbons (Fsp3) is 0.667. The molecular formula is C12H18IN3O2. The third kappa shape index (κ3) is 2.78.